The SMILES string of the molecule is CC(C)NC(C)(C#N)CCOCC1CC1. The van der Waals surface area contributed by atoms with Gasteiger partial charge in [0.15, 0.2) is 0 Å². The highest BCUT2D eigenvalue weighted by molar-refractivity contribution is 5.04. The van der Waals surface area contributed by atoms with E-state index in [-0.39, 0.29) is 0 Å². The number of ether oxygens (including phenoxy) is 1. The van der Waals surface area contributed by atoms with Crippen molar-refractivity contribution in [2.75, 3.05) is 13.2 Å². The van der Waals surface area contributed by atoms with Gasteiger partial charge in [0.1, 0.15) is 5.54 Å². The van der Waals surface area contributed by atoms with Crippen molar-refractivity contribution in [3.8, 4) is 6.07 Å². The lowest BCUT2D eigenvalue weighted by Crippen LogP contribution is -2.45. The fraction of sp³-hybridized carbons (Fsp3) is 0.917. The largest absolute Gasteiger partial charge is 0.381 e. The summed E-state index contributed by atoms with van der Waals surface area (Å²) in [5, 5.41) is 12.4. The van der Waals surface area contributed by atoms with E-state index in [1.54, 1.807) is 0 Å². The molecule has 1 rings (SSSR count). The van der Waals surface area contributed by atoms with Crippen molar-refractivity contribution < 1.29 is 4.74 Å². The highest BCUT2D eigenvalue weighted by atomic mass is 16.5. The molecule has 1 aliphatic carbocycles. The molecule has 0 amide bonds. The van der Waals surface area contributed by atoms with Crippen LogP contribution in [0.5, 0.6) is 0 Å². The third kappa shape index (κ3) is 5.15. The van der Waals surface area contributed by atoms with Crippen LogP contribution in [0.1, 0.15) is 40.0 Å². The fourth-order valence-corrected chi connectivity index (χ4v) is 1.61. The molecule has 1 N–H and O–H groups in total. The number of hydrogen-bond acceptors (Lipinski definition) is 3. The molecule has 3 nitrogen and oxygen atoms in total. The van der Waals surface area contributed by atoms with Crippen molar-refractivity contribution in [2.24, 2.45) is 5.92 Å². The van der Waals surface area contributed by atoms with Gasteiger partial charge in [-0.3, -0.25) is 5.32 Å². The van der Waals surface area contributed by atoms with Crippen LogP contribution in [0.2, 0.25) is 0 Å². The van der Waals surface area contributed by atoms with Gasteiger partial charge in [-0.05, 0) is 39.5 Å². The maximum atomic E-state index is 9.09. The fourth-order valence-electron chi connectivity index (χ4n) is 1.61. The lowest BCUT2D eigenvalue weighted by atomic mass is 9.99. The Morgan fingerprint density at radius 3 is 2.67 bits per heavy atom. The summed E-state index contributed by atoms with van der Waals surface area (Å²) in [4.78, 5) is 0. The number of nitrogens with zero attached hydrogens (tertiary/aromatic N) is 1. The van der Waals surface area contributed by atoms with E-state index in [4.69, 9.17) is 10.00 Å². The van der Waals surface area contributed by atoms with Crippen molar-refractivity contribution in [1.29, 1.82) is 5.26 Å². The molecule has 1 atom stereocenters. The van der Waals surface area contributed by atoms with Gasteiger partial charge in [-0.15, -0.1) is 0 Å². The van der Waals surface area contributed by atoms with Gasteiger partial charge < -0.3 is 4.74 Å². The molecular formula is C12H22N2O. The highest BCUT2D eigenvalue weighted by Crippen LogP contribution is 2.28. The van der Waals surface area contributed by atoms with Gasteiger partial charge in [0.25, 0.3) is 0 Å². The maximum absolute atomic E-state index is 9.09. The normalized spacial score (nSPS) is 19.9. The molecule has 3 heteroatoms. The molecule has 0 aliphatic heterocycles. The van der Waals surface area contributed by atoms with Crippen LogP contribution >= 0.6 is 0 Å². The summed E-state index contributed by atoms with van der Waals surface area (Å²) in [6.45, 7) is 7.61. The van der Waals surface area contributed by atoms with Crippen LogP contribution in [-0.2, 0) is 4.74 Å². The quantitative estimate of drug-likeness (QED) is 0.654. The van der Waals surface area contributed by atoms with Crippen molar-refractivity contribution >= 4 is 0 Å². The van der Waals surface area contributed by atoms with Gasteiger partial charge in [0.05, 0.1) is 6.07 Å². The van der Waals surface area contributed by atoms with Gasteiger partial charge in [0.2, 0.25) is 0 Å². The summed E-state index contributed by atoms with van der Waals surface area (Å²) >= 11 is 0. The second-order valence-corrected chi connectivity index (χ2v) is 5.01. The van der Waals surface area contributed by atoms with Crippen molar-refractivity contribution in [1.82, 2.24) is 5.32 Å². The number of nitrogens with one attached hydrogen (secondary N) is 1. The van der Waals surface area contributed by atoms with Gasteiger partial charge >= 0.3 is 0 Å². The van der Waals surface area contributed by atoms with E-state index in [0.29, 0.717) is 12.6 Å². The highest BCUT2D eigenvalue weighted by Gasteiger charge is 2.25. The molecule has 0 aromatic rings. The van der Waals surface area contributed by atoms with E-state index in [2.05, 4.69) is 25.2 Å². The number of rotatable bonds is 7. The lowest BCUT2D eigenvalue weighted by molar-refractivity contribution is 0.108. The minimum absolute atomic E-state index is 0.332. The summed E-state index contributed by atoms with van der Waals surface area (Å²) in [5.74, 6) is 0.802. The zero-order valence-corrected chi connectivity index (χ0v) is 10.0. The second kappa shape index (κ2) is 5.48. The van der Waals surface area contributed by atoms with E-state index in [0.717, 1.165) is 18.9 Å². The van der Waals surface area contributed by atoms with Crippen molar-refractivity contribution in [3.05, 3.63) is 0 Å². The molecule has 0 heterocycles. The van der Waals surface area contributed by atoms with Gasteiger partial charge in [0, 0.05) is 25.7 Å². The molecule has 15 heavy (non-hydrogen) atoms. The van der Waals surface area contributed by atoms with E-state index < -0.39 is 5.54 Å². The molecule has 1 fully saturated rings. The standard InChI is InChI=1S/C12H22N2O/c1-10(2)14-12(3,9-13)6-7-15-8-11-4-5-11/h10-11,14H,4-8H2,1-3H3. The second-order valence-electron chi connectivity index (χ2n) is 5.01. The Balaban J connectivity index is 2.16. The van der Waals surface area contributed by atoms with E-state index in [1.807, 2.05) is 6.92 Å². The Bertz CT molecular complexity index is 230. The Hall–Kier alpha value is -0.590. The predicted octanol–water partition coefficient (Wildman–Crippen LogP) is 2.08. The first-order valence-corrected chi connectivity index (χ1v) is 5.82. The third-order valence-corrected chi connectivity index (χ3v) is 2.65. The average Bonchev–Trinajstić information content (AvgIpc) is 2.95. The van der Waals surface area contributed by atoms with Crippen LogP contribution in [-0.4, -0.2) is 24.8 Å². The summed E-state index contributed by atoms with van der Waals surface area (Å²) in [7, 11) is 0. The molecule has 0 aromatic heterocycles. The van der Waals surface area contributed by atoms with Gasteiger partial charge in [-0.25, -0.2) is 0 Å². The summed E-state index contributed by atoms with van der Waals surface area (Å²) < 4.78 is 5.55. The molecule has 0 radical (unpaired) electrons. The summed E-state index contributed by atoms with van der Waals surface area (Å²) in [6, 6.07) is 2.65. The first kappa shape index (κ1) is 12.5. The predicted molar refractivity (Wildman–Crippen MR) is 60.4 cm³/mol. The van der Waals surface area contributed by atoms with Crippen LogP contribution in [0.25, 0.3) is 0 Å². The Labute approximate surface area is 92.8 Å². The van der Waals surface area contributed by atoms with Crippen LogP contribution in [0, 0.1) is 17.2 Å². The Morgan fingerprint density at radius 1 is 1.53 bits per heavy atom. The minimum Gasteiger partial charge on any atom is -0.381 e. The first-order chi connectivity index (χ1) is 7.06. The molecule has 0 saturated heterocycles. The lowest BCUT2D eigenvalue weighted by Gasteiger charge is -2.25. The Kier molecular flexibility index (Phi) is 4.56. The van der Waals surface area contributed by atoms with E-state index >= 15 is 0 Å². The molecule has 86 valence electrons. The molecule has 0 bridgehead atoms. The topological polar surface area (TPSA) is 45.0 Å². The molecule has 1 unspecified atom stereocenters. The zero-order chi connectivity index (χ0) is 11.3. The van der Waals surface area contributed by atoms with Crippen LogP contribution in [0.15, 0.2) is 0 Å². The van der Waals surface area contributed by atoms with E-state index in [9.17, 15) is 0 Å². The molecule has 1 saturated carbocycles. The van der Waals surface area contributed by atoms with Crippen LogP contribution < -0.4 is 5.32 Å². The van der Waals surface area contributed by atoms with Gasteiger partial charge in [-0.1, -0.05) is 0 Å². The zero-order valence-electron chi connectivity index (χ0n) is 10.0. The van der Waals surface area contributed by atoms with Crippen molar-refractivity contribution in [3.63, 3.8) is 0 Å². The first-order valence-electron chi connectivity index (χ1n) is 5.82. The smallest absolute Gasteiger partial charge is 0.106 e. The van der Waals surface area contributed by atoms with Gasteiger partial charge in [-0.2, -0.15) is 5.26 Å². The number of hydrogen-bond donors (Lipinski definition) is 1. The molecule has 1 aliphatic rings. The average molecular weight is 210 g/mol. The minimum atomic E-state index is -0.447. The molecule has 0 aromatic carbocycles. The maximum Gasteiger partial charge on any atom is 0.106 e. The van der Waals surface area contributed by atoms with Crippen LogP contribution in [0.4, 0.5) is 0 Å². The molecule has 0 spiro atoms. The summed E-state index contributed by atoms with van der Waals surface area (Å²) in [5.41, 5.74) is -0.447. The monoisotopic (exact) mass is 210 g/mol. The third-order valence-electron chi connectivity index (χ3n) is 2.65. The number of nitriles is 1. The Morgan fingerprint density at radius 2 is 2.20 bits per heavy atom. The van der Waals surface area contributed by atoms with Crippen molar-refractivity contribution in [2.45, 2.75) is 51.6 Å². The van der Waals surface area contributed by atoms with Crippen LogP contribution in [0.3, 0.4) is 0 Å². The summed E-state index contributed by atoms with van der Waals surface area (Å²) in [6.07, 6.45) is 3.40. The molecular weight excluding hydrogens is 188 g/mol. The van der Waals surface area contributed by atoms with E-state index in [1.165, 1.54) is 12.8 Å².